The first-order chi connectivity index (χ1) is 15.5. The van der Waals surface area contributed by atoms with E-state index in [0.717, 1.165) is 22.0 Å². The molecule has 4 aromatic rings. The Morgan fingerprint density at radius 3 is 2.62 bits per heavy atom. The average molecular weight is 423 g/mol. The van der Waals surface area contributed by atoms with Gasteiger partial charge in [-0.3, -0.25) is 19.5 Å². The van der Waals surface area contributed by atoms with Crippen LogP contribution in [0.25, 0.3) is 16.7 Å². The SMILES string of the molecule is Cc1cccc(N2C(=O)C(=O)/C(=C(\O)c3c[nH]c4ccccc34)C2c2cccnc2)c1C. The van der Waals surface area contributed by atoms with E-state index in [-0.39, 0.29) is 11.3 Å². The van der Waals surface area contributed by atoms with Crippen molar-refractivity contribution < 1.29 is 14.7 Å². The first kappa shape index (κ1) is 19.8. The number of aryl methyl sites for hydroxylation is 1. The molecule has 0 aliphatic carbocycles. The average Bonchev–Trinajstić information content (AvgIpc) is 3.35. The largest absolute Gasteiger partial charge is 0.507 e. The molecule has 1 unspecified atom stereocenters. The van der Waals surface area contributed by atoms with Crippen LogP contribution in [0, 0.1) is 13.8 Å². The summed E-state index contributed by atoms with van der Waals surface area (Å²) in [5.74, 6) is -1.60. The number of aromatic amines is 1. The number of para-hydroxylation sites is 1. The number of fused-ring (bicyclic) bond motifs is 1. The van der Waals surface area contributed by atoms with Crippen molar-refractivity contribution in [3.05, 3.63) is 101 Å². The van der Waals surface area contributed by atoms with Crippen molar-refractivity contribution in [3.8, 4) is 0 Å². The lowest BCUT2D eigenvalue weighted by molar-refractivity contribution is -0.132. The fourth-order valence-corrected chi connectivity index (χ4v) is 4.34. The van der Waals surface area contributed by atoms with Gasteiger partial charge in [-0.25, -0.2) is 0 Å². The highest BCUT2D eigenvalue weighted by Gasteiger charge is 2.47. The molecule has 0 bridgehead atoms. The number of H-pyrrole nitrogens is 1. The minimum Gasteiger partial charge on any atom is -0.507 e. The number of Topliss-reactive ketones (excluding diaryl/α,β-unsaturated/α-hetero) is 1. The molecule has 1 aliphatic rings. The summed E-state index contributed by atoms with van der Waals surface area (Å²) >= 11 is 0. The van der Waals surface area contributed by atoms with Crippen LogP contribution in [0.5, 0.6) is 0 Å². The summed E-state index contributed by atoms with van der Waals surface area (Å²) in [6.07, 6.45) is 4.91. The van der Waals surface area contributed by atoms with E-state index in [2.05, 4.69) is 9.97 Å². The molecule has 2 N–H and O–H groups in total. The van der Waals surface area contributed by atoms with E-state index < -0.39 is 17.7 Å². The fraction of sp³-hybridized carbons (Fsp3) is 0.115. The number of aromatic nitrogens is 2. The Morgan fingerprint density at radius 1 is 1.03 bits per heavy atom. The van der Waals surface area contributed by atoms with Gasteiger partial charge < -0.3 is 10.1 Å². The molecule has 6 heteroatoms. The van der Waals surface area contributed by atoms with Crippen molar-refractivity contribution in [3.63, 3.8) is 0 Å². The summed E-state index contributed by atoms with van der Waals surface area (Å²) in [5, 5.41) is 12.1. The monoisotopic (exact) mass is 423 g/mol. The number of benzene rings is 2. The van der Waals surface area contributed by atoms with E-state index in [1.54, 1.807) is 24.7 Å². The van der Waals surface area contributed by atoms with Gasteiger partial charge in [-0.15, -0.1) is 0 Å². The van der Waals surface area contributed by atoms with Crippen molar-refractivity contribution in [2.24, 2.45) is 0 Å². The number of nitrogens with zero attached hydrogens (tertiary/aromatic N) is 2. The van der Waals surface area contributed by atoms with Gasteiger partial charge in [-0.2, -0.15) is 0 Å². The summed E-state index contributed by atoms with van der Waals surface area (Å²) in [6, 6.07) is 15.9. The van der Waals surface area contributed by atoms with Crippen molar-refractivity contribution in [1.29, 1.82) is 0 Å². The van der Waals surface area contributed by atoms with Crippen LogP contribution in [0.4, 0.5) is 5.69 Å². The van der Waals surface area contributed by atoms with Crippen LogP contribution in [-0.4, -0.2) is 26.8 Å². The van der Waals surface area contributed by atoms with Crippen LogP contribution in [0.3, 0.4) is 0 Å². The van der Waals surface area contributed by atoms with Crippen LogP contribution < -0.4 is 4.90 Å². The number of carbonyl (C=O) groups is 2. The second kappa shape index (κ2) is 7.50. The number of anilines is 1. The smallest absolute Gasteiger partial charge is 0.300 e. The minimum absolute atomic E-state index is 0.0497. The number of pyridine rings is 1. The van der Waals surface area contributed by atoms with Crippen LogP contribution in [0.2, 0.25) is 0 Å². The van der Waals surface area contributed by atoms with Gasteiger partial charge in [-0.05, 0) is 48.7 Å². The highest BCUT2D eigenvalue weighted by atomic mass is 16.3. The van der Waals surface area contributed by atoms with Gasteiger partial charge in [0.1, 0.15) is 5.76 Å². The highest BCUT2D eigenvalue weighted by molar-refractivity contribution is 6.52. The van der Waals surface area contributed by atoms with Gasteiger partial charge in [-0.1, -0.05) is 36.4 Å². The molecule has 32 heavy (non-hydrogen) atoms. The van der Waals surface area contributed by atoms with Gasteiger partial charge in [0, 0.05) is 40.7 Å². The Labute approximate surface area is 184 Å². The van der Waals surface area contributed by atoms with Gasteiger partial charge in [0.2, 0.25) is 0 Å². The third-order valence-electron chi connectivity index (χ3n) is 6.12. The number of amides is 1. The molecule has 6 nitrogen and oxygen atoms in total. The number of rotatable bonds is 3. The quantitative estimate of drug-likeness (QED) is 0.281. The predicted molar refractivity (Wildman–Crippen MR) is 123 cm³/mol. The van der Waals surface area contributed by atoms with E-state index in [1.807, 2.05) is 62.4 Å². The first-order valence-corrected chi connectivity index (χ1v) is 10.3. The molecule has 0 saturated carbocycles. The Morgan fingerprint density at radius 2 is 1.84 bits per heavy atom. The molecule has 1 saturated heterocycles. The van der Waals surface area contributed by atoms with Crippen LogP contribution in [0.15, 0.2) is 78.8 Å². The highest BCUT2D eigenvalue weighted by Crippen LogP contribution is 2.43. The molecule has 5 rings (SSSR count). The van der Waals surface area contributed by atoms with Crippen molar-refractivity contribution in [2.75, 3.05) is 4.90 Å². The molecule has 1 atom stereocenters. The molecule has 0 spiro atoms. The topological polar surface area (TPSA) is 86.3 Å². The third-order valence-corrected chi connectivity index (χ3v) is 6.12. The van der Waals surface area contributed by atoms with E-state index in [1.165, 1.54) is 4.90 Å². The Balaban J connectivity index is 1.78. The molecule has 158 valence electrons. The third kappa shape index (κ3) is 2.92. The number of hydrogen-bond acceptors (Lipinski definition) is 4. The molecule has 2 aromatic heterocycles. The summed E-state index contributed by atoms with van der Waals surface area (Å²) in [7, 11) is 0. The molecule has 3 heterocycles. The number of ketones is 1. The molecular weight excluding hydrogens is 402 g/mol. The van der Waals surface area contributed by atoms with Crippen molar-refractivity contribution >= 4 is 34.0 Å². The second-order valence-corrected chi connectivity index (χ2v) is 7.92. The van der Waals surface area contributed by atoms with E-state index >= 15 is 0 Å². The zero-order valence-corrected chi connectivity index (χ0v) is 17.7. The molecule has 0 radical (unpaired) electrons. The number of aliphatic hydroxyl groups is 1. The normalized spacial score (nSPS) is 17.9. The lowest BCUT2D eigenvalue weighted by Gasteiger charge is -2.27. The lowest BCUT2D eigenvalue weighted by Crippen LogP contribution is -2.30. The van der Waals surface area contributed by atoms with Crippen molar-refractivity contribution in [2.45, 2.75) is 19.9 Å². The minimum atomic E-state index is -0.794. The van der Waals surface area contributed by atoms with E-state index in [0.29, 0.717) is 16.8 Å². The molecule has 1 amide bonds. The Bertz CT molecular complexity index is 1400. The van der Waals surface area contributed by atoms with Gasteiger partial charge in [0.05, 0.1) is 11.6 Å². The maximum absolute atomic E-state index is 13.3. The van der Waals surface area contributed by atoms with Gasteiger partial charge in [0.15, 0.2) is 0 Å². The van der Waals surface area contributed by atoms with Crippen molar-refractivity contribution in [1.82, 2.24) is 9.97 Å². The fourth-order valence-electron chi connectivity index (χ4n) is 4.34. The van der Waals surface area contributed by atoms with E-state index in [9.17, 15) is 14.7 Å². The number of carbonyl (C=O) groups excluding carboxylic acids is 2. The molecule has 2 aromatic carbocycles. The van der Waals surface area contributed by atoms with Gasteiger partial charge >= 0.3 is 0 Å². The summed E-state index contributed by atoms with van der Waals surface area (Å²) in [4.78, 5) is 35.4. The predicted octanol–water partition coefficient (Wildman–Crippen LogP) is 4.81. The number of nitrogens with one attached hydrogen (secondary N) is 1. The number of hydrogen-bond donors (Lipinski definition) is 2. The van der Waals surface area contributed by atoms with Crippen LogP contribution in [-0.2, 0) is 9.59 Å². The summed E-state index contributed by atoms with van der Waals surface area (Å²) < 4.78 is 0. The van der Waals surface area contributed by atoms with Crippen LogP contribution >= 0.6 is 0 Å². The van der Waals surface area contributed by atoms with Gasteiger partial charge in [0.25, 0.3) is 11.7 Å². The lowest BCUT2D eigenvalue weighted by atomic mass is 9.95. The zero-order chi connectivity index (χ0) is 22.4. The molecule has 1 fully saturated rings. The first-order valence-electron chi connectivity index (χ1n) is 10.3. The zero-order valence-electron chi connectivity index (χ0n) is 17.7. The standard InChI is InChI=1S/C26H21N3O3/c1-15-7-5-11-21(16(15)2)29-23(17-8-6-12-27-13-17)22(25(31)26(29)32)24(30)19-14-28-20-10-4-3-9-18(19)20/h3-14,23,28,30H,1-2H3/b24-22-. The second-order valence-electron chi connectivity index (χ2n) is 7.92. The maximum atomic E-state index is 13.3. The Kier molecular flexibility index (Phi) is 4.63. The molecular formula is C26H21N3O3. The van der Waals surface area contributed by atoms with E-state index in [4.69, 9.17) is 0 Å². The maximum Gasteiger partial charge on any atom is 0.300 e. The summed E-state index contributed by atoms with van der Waals surface area (Å²) in [5.41, 5.74) is 4.55. The number of aliphatic hydroxyl groups excluding tert-OH is 1. The van der Waals surface area contributed by atoms with Crippen LogP contribution in [0.1, 0.15) is 28.3 Å². The summed E-state index contributed by atoms with van der Waals surface area (Å²) in [6.45, 7) is 3.88. The Hall–Kier alpha value is -4.19. The molecule has 1 aliphatic heterocycles.